The highest BCUT2D eigenvalue weighted by atomic mass is 35.5. The molecule has 134 valence electrons. The second kappa shape index (κ2) is 5.98. The molecular formula is C17H13ClF3N5. The fourth-order valence-corrected chi connectivity index (χ4v) is 3.21. The number of nitrogens with zero attached hydrogens (tertiary/aromatic N) is 5. The van der Waals surface area contributed by atoms with Crippen molar-refractivity contribution >= 4 is 28.2 Å². The molecule has 1 aromatic carbocycles. The molecule has 5 nitrogen and oxygen atoms in total. The molecule has 0 spiro atoms. The number of hydrogen-bond acceptors (Lipinski definition) is 3. The van der Waals surface area contributed by atoms with Gasteiger partial charge in [-0.2, -0.15) is 22.8 Å². The van der Waals surface area contributed by atoms with Crippen LogP contribution in [-0.4, -0.2) is 30.3 Å². The maximum atomic E-state index is 13.1. The number of hydrogen-bond donors (Lipinski definition) is 0. The van der Waals surface area contributed by atoms with E-state index >= 15 is 0 Å². The Kier molecular flexibility index (Phi) is 3.87. The lowest BCUT2D eigenvalue weighted by Gasteiger charge is -2.09. The number of rotatable bonds is 3. The van der Waals surface area contributed by atoms with E-state index in [1.807, 2.05) is 25.1 Å². The van der Waals surface area contributed by atoms with Gasteiger partial charge in [-0.1, -0.05) is 24.3 Å². The van der Waals surface area contributed by atoms with Gasteiger partial charge in [0.15, 0.2) is 11.5 Å². The molecule has 9 heteroatoms. The molecule has 0 bridgehead atoms. The van der Waals surface area contributed by atoms with Crippen molar-refractivity contribution in [3.63, 3.8) is 0 Å². The van der Waals surface area contributed by atoms with Gasteiger partial charge in [-0.05, 0) is 30.5 Å². The van der Waals surface area contributed by atoms with E-state index in [1.165, 1.54) is 4.52 Å². The van der Waals surface area contributed by atoms with E-state index in [0.717, 1.165) is 16.5 Å². The van der Waals surface area contributed by atoms with Crippen LogP contribution in [-0.2, 0) is 12.6 Å². The molecule has 0 amide bonds. The fraction of sp³-hybridized carbons (Fsp3) is 0.235. The second-order valence-corrected chi connectivity index (χ2v) is 6.27. The number of para-hydroxylation sites is 1. The van der Waals surface area contributed by atoms with Crippen LogP contribution in [0.2, 0.25) is 0 Å². The summed E-state index contributed by atoms with van der Waals surface area (Å²) in [4.78, 5) is 3.70. The van der Waals surface area contributed by atoms with Crippen LogP contribution < -0.4 is 0 Å². The van der Waals surface area contributed by atoms with Gasteiger partial charge in [-0.15, -0.1) is 16.7 Å². The van der Waals surface area contributed by atoms with Crippen molar-refractivity contribution in [3.8, 4) is 5.82 Å². The average molecular weight is 380 g/mol. The Bertz CT molecular complexity index is 1110. The highest BCUT2D eigenvalue weighted by molar-refractivity contribution is 6.18. The largest absolute Gasteiger partial charge is 0.453 e. The molecule has 0 N–H and O–H groups in total. The van der Waals surface area contributed by atoms with Crippen molar-refractivity contribution < 1.29 is 13.2 Å². The Morgan fingerprint density at radius 3 is 2.69 bits per heavy atom. The van der Waals surface area contributed by atoms with E-state index < -0.39 is 12.0 Å². The molecule has 0 unspecified atom stereocenters. The van der Waals surface area contributed by atoms with Gasteiger partial charge in [-0.3, -0.25) is 0 Å². The van der Waals surface area contributed by atoms with Crippen LogP contribution in [0, 0.1) is 6.92 Å². The molecule has 3 aromatic heterocycles. The Hall–Kier alpha value is -2.61. The highest BCUT2D eigenvalue weighted by Crippen LogP contribution is 2.29. The molecular weight excluding hydrogens is 367 g/mol. The lowest BCUT2D eigenvalue weighted by Crippen LogP contribution is -2.09. The van der Waals surface area contributed by atoms with Gasteiger partial charge in [0.2, 0.25) is 0 Å². The third-order valence-electron chi connectivity index (χ3n) is 4.17. The number of halogens is 4. The third kappa shape index (κ3) is 2.61. The van der Waals surface area contributed by atoms with Gasteiger partial charge in [0.25, 0.3) is 5.82 Å². The molecule has 0 aliphatic heterocycles. The lowest BCUT2D eigenvalue weighted by molar-refractivity contribution is -0.144. The van der Waals surface area contributed by atoms with Crippen LogP contribution in [0.15, 0.2) is 36.5 Å². The minimum absolute atomic E-state index is 0.132. The SMILES string of the molecule is Cc1cccc2cnn(-c3ccc(CCCl)c4nc(C(F)(F)F)nn34)c12. The van der Waals surface area contributed by atoms with E-state index in [9.17, 15) is 13.2 Å². The predicted molar refractivity (Wildman–Crippen MR) is 91.8 cm³/mol. The molecule has 0 aliphatic carbocycles. The quantitative estimate of drug-likeness (QED) is 0.502. The third-order valence-corrected chi connectivity index (χ3v) is 4.36. The monoisotopic (exact) mass is 379 g/mol. The lowest BCUT2D eigenvalue weighted by atomic mass is 10.1. The molecule has 26 heavy (non-hydrogen) atoms. The standard InChI is InChI=1S/C17H13ClF3N5/c1-10-3-2-4-12-9-22-25(14(10)12)13-6-5-11(7-8-18)15-23-16(17(19,20)21)24-26(13)15/h2-6,9H,7-8H2,1H3. The van der Waals surface area contributed by atoms with Gasteiger partial charge in [0, 0.05) is 11.3 Å². The molecule has 0 fully saturated rings. The van der Waals surface area contributed by atoms with Gasteiger partial charge in [0.1, 0.15) is 0 Å². The van der Waals surface area contributed by atoms with Crippen molar-refractivity contribution in [2.75, 3.05) is 5.88 Å². The zero-order chi connectivity index (χ0) is 18.5. The Morgan fingerprint density at radius 2 is 1.96 bits per heavy atom. The first-order chi connectivity index (χ1) is 12.4. The normalized spacial score (nSPS) is 12.3. The molecule has 0 radical (unpaired) electrons. The summed E-state index contributed by atoms with van der Waals surface area (Å²) >= 11 is 5.77. The highest BCUT2D eigenvalue weighted by Gasteiger charge is 2.37. The summed E-state index contributed by atoms with van der Waals surface area (Å²) in [7, 11) is 0. The number of benzene rings is 1. The summed E-state index contributed by atoms with van der Waals surface area (Å²) in [6.07, 6.45) is -2.58. The molecule has 4 aromatic rings. The number of fused-ring (bicyclic) bond motifs is 2. The van der Waals surface area contributed by atoms with Crippen LogP contribution in [0.1, 0.15) is 17.0 Å². The Labute approximate surface area is 151 Å². The van der Waals surface area contributed by atoms with Gasteiger partial charge < -0.3 is 0 Å². The van der Waals surface area contributed by atoms with Gasteiger partial charge in [0.05, 0.1) is 11.7 Å². The van der Waals surface area contributed by atoms with Crippen molar-refractivity contribution in [1.29, 1.82) is 0 Å². The molecule has 0 atom stereocenters. The van der Waals surface area contributed by atoms with Crippen molar-refractivity contribution in [3.05, 3.63) is 53.5 Å². The average Bonchev–Trinajstić information content (AvgIpc) is 3.20. The summed E-state index contributed by atoms with van der Waals surface area (Å²) in [5.74, 6) is -0.535. The summed E-state index contributed by atoms with van der Waals surface area (Å²) in [5, 5.41) is 8.93. The first-order valence-electron chi connectivity index (χ1n) is 7.85. The minimum Gasteiger partial charge on any atom is -0.214 e. The smallest absolute Gasteiger partial charge is 0.214 e. The van der Waals surface area contributed by atoms with Crippen LogP contribution >= 0.6 is 11.6 Å². The van der Waals surface area contributed by atoms with Crippen LogP contribution in [0.4, 0.5) is 13.2 Å². The Balaban J connectivity index is 2.03. The van der Waals surface area contributed by atoms with Crippen LogP contribution in [0.5, 0.6) is 0 Å². The van der Waals surface area contributed by atoms with E-state index in [1.54, 1.807) is 23.0 Å². The second-order valence-electron chi connectivity index (χ2n) is 5.89. The minimum atomic E-state index is -4.64. The summed E-state index contributed by atoms with van der Waals surface area (Å²) in [6.45, 7) is 1.92. The Morgan fingerprint density at radius 1 is 1.15 bits per heavy atom. The fourth-order valence-electron chi connectivity index (χ4n) is 3.00. The predicted octanol–water partition coefficient (Wildman–Crippen LogP) is 4.18. The van der Waals surface area contributed by atoms with Gasteiger partial charge in [-0.25, -0.2) is 9.67 Å². The van der Waals surface area contributed by atoms with E-state index in [4.69, 9.17) is 11.6 Å². The molecule has 4 rings (SSSR count). The molecule has 3 heterocycles. The number of aryl methyl sites for hydroxylation is 2. The maximum Gasteiger partial charge on any atom is 0.453 e. The van der Waals surface area contributed by atoms with Crippen molar-refractivity contribution in [1.82, 2.24) is 24.4 Å². The molecule has 0 saturated heterocycles. The van der Waals surface area contributed by atoms with E-state index in [-0.39, 0.29) is 11.5 Å². The molecule has 0 aliphatic rings. The van der Waals surface area contributed by atoms with E-state index in [0.29, 0.717) is 17.8 Å². The van der Waals surface area contributed by atoms with Crippen LogP contribution in [0.3, 0.4) is 0 Å². The topological polar surface area (TPSA) is 48.0 Å². The first kappa shape index (κ1) is 16.8. The van der Waals surface area contributed by atoms with Crippen LogP contribution in [0.25, 0.3) is 22.4 Å². The zero-order valence-electron chi connectivity index (χ0n) is 13.6. The number of alkyl halides is 4. The van der Waals surface area contributed by atoms with Crippen molar-refractivity contribution in [2.45, 2.75) is 19.5 Å². The number of aromatic nitrogens is 5. The van der Waals surface area contributed by atoms with Gasteiger partial charge >= 0.3 is 6.18 Å². The summed E-state index contributed by atoms with van der Waals surface area (Å²) in [6, 6.07) is 9.12. The van der Waals surface area contributed by atoms with E-state index in [2.05, 4.69) is 15.2 Å². The van der Waals surface area contributed by atoms with Crippen molar-refractivity contribution in [2.24, 2.45) is 0 Å². The summed E-state index contributed by atoms with van der Waals surface area (Å²) in [5.41, 5.74) is 2.49. The maximum absolute atomic E-state index is 13.1. The summed E-state index contributed by atoms with van der Waals surface area (Å²) < 4.78 is 42.2. The zero-order valence-corrected chi connectivity index (χ0v) is 14.4. The first-order valence-corrected chi connectivity index (χ1v) is 8.39. The molecule has 0 saturated carbocycles. The number of pyridine rings is 1.